The SMILES string of the molecule is COc1cccc(F)c1C(=O)NC(CN)C1CC1. The number of methoxy groups -OCH3 is 1. The largest absolute Gasteiger partial charge is 0.496 e. The molecule has 1 aromatic carbocycles. The van der Waals surface area contributed by atoms with Crippen molar-refractivity contribution in [2.24, 2.45) is 11.7 Å². The van der Waals surface area contributed by atoms with Crippen LogP contribution in [-0.2, 0) is 0 Å². The van der Waals surface area contributed by atoms with Gasteiger partial charge >= 0.3 is 0 Å². The van der Waals surface area contributed by atoms with E-state index in [-0.39, 0.29) is 17.4 Å². The highest BCUT2D eigenvalue weighted by atomic mass is 19.1. The Kier molecular flexibility index (Phi) is 3.81. The Balaban J connectivity index is 2.17. The van der Waals surface area contributed by atoms with Gasteiger partial charge in [-0.05, 0) is 30.9 Å². The first kappa shape index (κ1) is 12.8. The standard InChI is InChI=1S/C13H17FN2O2/c1-18-11-4-2-3-9(14)12(11)13(17)16-10(7-15)8-5-6-8/h2-4,8,10H,5-7,15H2,1H3,(H,16,17). The van der Waals surface area contributed by atoms with Gasteiger partial charge in [-0.1, -0.05) is 6.07 Å². The van der Waals surface area contributed by atoms with Crippen molar-refractivity contribution in [2.45, 2.75) is 18.9 Å². The number of halogens is 1. The molecule has 5 heteroatoms. The van der Waals surface area contributed by atoms with E-state index in [0.29, 0.717) is 12.5 Å². The number of benzene rings is 1. The van der Waals surface area contributed by atoms with Gasteiger partial charge in [0.15, 0.2) is 0 Å². The van der Waals surface area contributed by atoms with Crippen LogP contribution >= 0.6 is 0 Å². The summed E-state index contributed by atoms with van der Waals surface area (Å²) in [7, 11) is 1.41. The van der Waals surface area contributed by atoms with E-state index in [1.165, 1.54) is 19.2 Å². The van der Waals surface area contributed by atoms with Crippen molar-refractivity contribution in [1.82, 2.24) is 5.32 Å². The Bertz CT molecular complexity index is 447. The molecule has 2 rings (SSSR count). The predicted molar refractivity (Wildman–Crippen MR) is 66.0 cm³/mol. The molecule has 0 radical (unpaired) electrons. The van der Waals surface area contributed by atoms with Gasteiger partial charge < -0.3 is 15.8 Å². The van der Waals surface area contributed by atoms with Crippen molar-refractivity contribution < 1.29 is 13.9 Å². The van der Waals surface area contributed by atoms with Crippen molar-refractivity contribution in [3.63, 3.8) is 0 Å². The molecule has 1 aliphatic carbocycles. The van der Waals surface area contributed by atoms with Gasteiger partial charge in [0.05, 0.1) is 7.11 Å². The van der Waals surface area contributed by atoms with Crippen LogP contribution in [0.5, 0.6) is 5.75 Å². The topological polar surface area (TPSA) is 64.3 Å². The first-order valence-corrected chi connectivity index (χ1v) is 6.00. The zero-order valence-electron chi connectivity index (χ0n) is 10.3. The Morgan fingerprint density at radius 1 is 1.61 bits per heavy atom. The molecule has 1 atom stereocenters. The average molecular weight is 252 g/mol. The molecular formula is C13H17FN2O2. The lowest BCUT2D eigenvalue weighted by molar-refractivity contribution is 0.0926. The fraction of sp³-hybridized carbons (Fsp3) is 0.462. The highest BCUT2D eigenvalue weighted by Crippen LogP contribution is 2.32. The molecule has 1 unspecified atom stereocenters. The number of hydrogen-bond donors (Lipinski definition) is 2. The summed E-state index contributed by atoms with van der Waals surface area (Å²) < 4.78 is 18.7. The second kappa shape index (κ2) is 5.35. The van der Waals surface area contributed by atoms with Crippen molar-refractivity contribution in [1.29, 1.82) is 0 Å². The fourth-order valence-corrected chi connectivity index (χ4v) is 2.00. The second-order valence-electron chi connectivity index (χ2n) is 4.47. The lowest BCUT2D eigenvalue weighted by Gasteiger charge is -2.17. The molecule has 1 aromatic rings. The Hall–Kier alpha value is -1.62. The van der Waals surface area contributed by atoms with Crippen LogP contribution in [0.25, 0.3) is 0 Å². The van der Waals surface area contributed by atoms with Crippen molar-refractivity contribution >= 4 is 5.91 Å². The molecule has 1 saturated carbocycles. The number of rotatable bonds is 5. The van der Waals surface area contributed by atoms with Gasteiger partial charge in [-0.2, -0.15) is 0 Å². The summed E-state index contributed by atoms with van der Waals surface area (Å²) in [6.07, 6.45) is 2.13. The van der Waals surface area contributed by atoms with Crippen LogP contribution in [0, 0.1) is 11.7 Å². The molecule has 98 valence electrons. The smallest absolute Gasteiger partial charge is 0.258 e. The van der Waals surface area contributed by atoms with Crippen LogP contribution in [0.4, 0.5) is 4.39 Å². The Labute approximate surface area is 105 Å². The van der Waals surface area contributed by atoms with Gasteiger partial charge in [-0.3, -0.25) is 4.79 Å². The quantitative estimate of drug-likeness (QED) is 0.830. The lowest BCUT2D eigenvalue weighted by atomic mass is 10.1. The third-order valence-electron chi connectivity index (χ3n) is 3.18. The maximum atomic E-state index is 13.7. The zero-order valence-corrected chi connectivity index (χ0v) is 10.3. The summed E-state index contributed by atoms with van der Waals surface area (Å²) in [6, 6.07) is 4.23. The van der Waals surface area contributed by atoms with Crippen LogP contribution in [0.3, 0.4) is 0 Å². The molecule has 0 saturated heterocycles. The van der Waals surface area contributed by atoms with Gasteiger partial charge in [0.25, 0.3) is 5.91 Å². The number of amides is 1. The zero-order chi connectivity index (χ0) is 13.1. The van der Waals surface area contributed by atoms with E-state index in [1.54, 1.807) is 6.07 Å². The number of hydrogen-bond acceptors (Lipinski definition) is 3. The van der Waals surface area contributed by atoms with Gasteiger partial charge in [-0.25, -0.2) is 4.39 Å². The van der Waals surface area contributed by atoms with Crippen molar-refractivity contribution in [3.05, 3.63) is 29.6 Å². The molecule has 3 N–H and O–H groups in total. The molecule has 1 amide bonds. The van der Waals surface area contributed by atoms with Crippen molar-refractivity contribution in [3.8, 4) is 5.75 Å². The summed E-state index contributed by atoms with van der Waals surface area (Å²) in [5.41, 5.74) is 5.55. The molecule has 0 heterocycles. The van der Waals surface area contributed by atoms with E-state index in [2.05, 4.69) is 5.32 Å². The van der Waals surface area contributed by atoms with Crippen LogP contribution in [0.15, 0.2) is 18.2 Å². The van der Waals surface area contributed by atoms with Crippen LogP contribution in [0.1, 0.15) is 23.2 Å². The van der Waals surface area contributed by atoms with Gasteiger partial charge in [0.2, 0.25) is 0 Å². The maximum Gasteiger partial charge on any atom is 0.258 e. The first-order valence-electron chi connectivity index (χ1n) is 6.00. The monoisotopic (exact) mass is 252 g/mol. The second-order valence-corrected chi connectivity index (χ2v) is 4.47. The molecule has 18 heavy (non-hydrogen) atoms. The number of ether oxygens (including phenoxy) is 1. The van der Waals surface area contributed by atoms with E-state index >= 15 is 0 Å². The summed E-state index contributed by atoms with van der Waals surface area (Å²) in [5.74, 6) is -0.387. The van der Waals surface area contributed by atoms with E-state index < -0.39 is 11.7 Å². The molecule has 4 nitrogen and oxygen atoms in total. The fourth-order valence-electron chi connectivity index (χ4n) is 2.00. The minimum atomic E-state index is -0.585. The minimum absolute atomic E-state index is 0.0564. The number of nitrogens with one attached hydrogen (secondary N) is 1. The van der Waals surface area contributed by atoms with Crippen LogP contribution in [-0.4, -0.2) is 25.6 Å². The molecule has 0 aromatic heterocycles. The highest BCUT2D eigenvalue weighted by molar-refractivity contribution is 5.97. The average Bonchev–Trinajstić information content (AvgIpc) is 3.19. The normalized spacial score (nSPS) is 16.2. The molecule has 1 fully saturated rings. The van der Waals surface area contributed by atoms with Crippen molar-refractivity contribution in [2.75, 3.05) is 13.7 Å². The third-order valence-corrected chi connectivity index (χ3v) is 3.18. The molecule has 0 aliphatic heterocycles. The van der Waals surface area contributed by atoms with E-state index in [9.17, 15) is 9.18 Å². The maximum absolute atomic E-state index is 13.7. The molecule has 0 spiro atoms. The Morgan fingerprint density at radius 2 is 2.33 bits per heavy atom. The molecular weight excluding hydrogens is 235 g/mol. The van der Waals surface area contributed by atoms with Gasteiger partial charge in [-0.15, -0.1) is 0 Å². The minimum Gasteiger partial charge on any atom is -0.496 e. The van der Waals surface area contributed by atoms with E-state index in [4.69, 9.17) is 10.5 Å². The first-order chi connectivity index (χ1) is 8.67. The number of nitrogens with two attached hydrogens (primary N) is 1. The van der Waals surface area contributed by atoms with Crippen LogP contribution in [0.2, 0.25) is 0 Å². The predicted octanol–water partition coefficient (Wildman–Crippen LogP) is 1.30. The molecule has 1 aliphatic rings. The summed E-state index contributed by atoms with van der Waals surface area (Å²) in [6.45, 7) is 0.368. The summed E-state index contributed by atoms with van der Waals surface area (Å²) >= 11 is 0. The van der Waals surface area contributed by atoms with Crippen LogP contribution < -0.4 is 15.8 Å². The third kappa shape index (κ3) is 2.61. The highest BCUT2D eigenvalue weighted by Gasteiger charge is 2.32. The lowest BCUT2D eigenvalue weighted by Crippen LogP contribution is -2.42. The Morgan fingerprint density at radius 3 is 2.89 bits per heavy atom. The summed E-state index contributed by atoms with van der Waals surface area (Å²) in [5, 5.41) is 2.78. The summed E-state index contributed by atoms with van der Waals surface area (Å²) in [4.78, 5) is 12.1. The van der Waals surface area contributed by atoms with E-state index in [0.717, 1.165) is 12.8 Å². The van der Waals surface area contributed by atoms with Gasteiger partial charge in [0, 0.05) is 12.6 Å². The number of carbonyl (C=O) groups excluding carboxylic acids is 1. The molecule has 0 bridgehead atoms. The van der Waals surface area contributed by atoms with Gasteiger partial charge in [0.1, 0.15) is 17.1 Å². The van der Waals surface area contributed by atoms with E-state index in [1.807, 2.05) is 0 Å². The number of carbonyl (C=O) groups is 1.